The van der Waals surface area contributed by atoms with Gasteiger partial charge in [-0.3, -0.25) is 9.59 Å². The number of amides is 2. The number of nitrogen functional groups attached to an aromatic ring is 1. The van der Waals surface area contributed by atoms with Crippen LogP contribution < -0.4 is 16.0 Å². The molecule has 2 amide bonds. The van der Waals surface area contributed by atoms with Crippen LogP contribution in [0.25, 0.3) is 0 Å². The largest absolute Gasteiger partial charge is 0.397 e. The third kappa shape index (κ3) is 3.87. The predicted octanol–water partition coefficient (Wildman–Crippen LogP) is 0.685. The summed E-state index contributed by atoms with van der Waals surface area (Å²) in [6, 6.07) is 5.50. The highest BCUT2D eigenvalue weighted by atomic mass is 16.2. The van der Waals surface area contributed by atoms with Crippen LogP contribution in [0.15, 0.2) is 18.2 Å². The summed E-state index contributed by atoms with van der Waals surface area (Å²) in [6.45, 7) is 0.252. The number of benzene rings is 1. The number of nitrogens with one attached hydrogen (secondary N) is 1. The van der Waals surface area contributed by atoms with E-state index >= 15 is 0 Å². The van der Waals surface area contributed by atoms with Gasteiger partial charge in [0.1, 0.15) is 0 Å². The molecule has 1 aromatic rings. The van der Waals surface area contributed by atoms with Crippen molar-refractivity contribution in [2.45, 2.75) is 18.9 Å². The third-order valence-corrected chi connectivity index (χ3v) is 3.42. The highest BCUT2D eigenvalue weighted by Gasteiger charge is 2.23. The maximum absolute atomic E-state index is 11.9. The molecule has 21 heavy (non-hydrogen) atoms. The molecule has 0 bridgehead atoms. The molecule has 0 saturated heterocycles. The van der Waals surface area contributed by atoms with Crippen molar-refractivity contribution in [3.05, 3.63) is 23.8 Å². The molecule has 1 aromatic carbocycles. The summed E-state index contributed by atoms with van der Waals surface area (Å²) >= 11 is 0. The van der Waals surface area contributed by atoms with E-state index in [1.165, 1.54) is 4.90 Å². The van der Waals surface area contributed by atoms with Crippen molar-refractivity contribution in [2.75, 3.05) is 38.3 Å². The summed E-state index contributed by atoms with van der Waals surface area (Å²) in [7, 11) is 5.20. The smallest absolute Gasteiger partial charge is 0.253 e. The predicted molar refractivity (Wildman–Crippen MR) is 83.3 cm³/mol. The minimum Gasteiger partial charge on any atom is -0.397 e. The molecule has 0 unspecified atom stereocenters. The van der Waals surface area contributed by atoms with Gasteiger partial charge in [-0.25, -0.2) is 0 Å². The number of carbonyl (C=O) groups excluding carboxylic acids is 2. The molecule has 114 valence electrons. The molecule has 0 radical (unpaired) electrons. The van der Waals surface area contributed by atoms with Gasteiger partial charge in [0.2, 0.25) is 5.91 Å². The molecular weight excluding hydrogens is 268 g/mol. The molecule has 1 aliphatic rings. The Morgan fingerprint density at radius 1 is 1.29 bits per heavy atom. The standard InChI is InChI=1S/C15H22N4O2/c1-18(2)15(21)10-4-7-13(12(16)8-10)19(3)9-14(20)17-11-5-6-11/h4,7-8,11H,5-6,9,16H2,1-3H3,(H,17,20). The monoisotopic (exact) mass is 290 g/mol. The average molecular weight is 290 g/mol. The zero-order valence-electron chi connectivity index (χ0n) is 12.7. The Balaban J connectivity index is 2.05. The number of anilines is 2. The topological polar surface area (TPSA) is 78.7 Å². The Hall–Kier alpha value is -2.24. The number of hydrogen-bond donors (Lipinski definition) is 2. The number of likely N-dealkylation sites (N-methyl/N-ethyl adjacent to an activating group) is 1. The zero-order chi connectivity index (χ0) is 15.6. The van der Waals surface area contributed by atoms with Gasteiger partial charge >= 0.3 is 0 Å². The summed E-state index contributed by atoms with van der Waals surface area (Å²) in [6.07, 6.45) is 2.14. The molecular formula is C15H22N4O2. The quantitative estimate of drug-likeness (QED) is 0.782. The van der Waals surface area contributed by atoms with Crippen molar-refractivity contribution in [3.8, 4) is 0 Å². The van der Waals surface area contributed by atoms with Crippen LogP contribution in [0.4, 0.5) is 11.4 Å². The van der Waals surface area contributed by atoms with Crippen LogP contribution in [0.1, 0.15) is 23.2 Å². The second kappa shape index (κ2) is 6.03. The summed E-state index contributed by atoms with van der Waals surface area (Å²) in [5, 5.41) is 2.94. The van der Waals surface area contributed by atoms with Crippen LogP contribution in [0.5, 0.6) is 0 Å². The molecule has 0 aromatic heterocycles. The molecule has 3 N–H and O–H groups in total. The van der Waals surface area contributed by atoms with Gasteiger partial charge < -0.3 is 20.9 Å². The highest BCUT2D eigenvalue weighted by Crippen LogP contribution is 2.24. The highest BCUT2D eigenvalue weighted by molar-refractivity contribution is 5.96. The van der Waals surface area contributed by atoms with Crippen LogP contribution in [0.3, 0.4) is 0 Å². The van der Waals surface area contributed by atoms with Crippen LogP contribution in [-0.2, 0) is 4.79 Å². The molecule has 0 aliphatic heterocycles. The Kier molecular flexibility index (Phi) is 4.35. The first-order valence-electron chi connectivity index (χ1n) is 7.00. The summed E-state index contributed by atoms with van der Waals surface area (Å²) in [5.41, 5.74) is 7.78. The fraction of sp³-hybridized carbons (Fsp3) is 0.467. The van der Waals surface area contributed by atoms with Crippen molar-refractivity contribution in [1.82, 2.24) is 10.2 Å². The van der Waals surface area contributed by atoms with Gasteiger partial charge in [-0.1, -0.05) is 0 Å². The van der Waals surface area contributed by atoms with E-state index < -0.39 is 0 Å². The Bertz CT molecular complexity index is 553. The van der Waals surface area contributed by atoms with E-state index in [4.69, 9.17) is 5.73 Å². The fourth-order valence-corrected chi connectivity index (χ4v) is 2.09. The number of rotatable bonds is 5. The van der Waals surface area contributed by atoms with Crippen molar-refractivity contribution < 1.29 is 9.59 Å². The van der Waals surface area contributed by atoms with Crippen LogP contribution in [-0.4, -0.2) is 50.4 Å². The second-order valence-corrected chi connectivity index (χ2v) is 5.67. The van der Waals surface area contributed by atoms with Gasteiger partial charge in [0.05, 0.1) is 17.9 Å². The first-order chi connectivity index (χ1) is 9.88. The number of carbonyl (C=O) groups is 2. The molecule has 0 heterocycles. The Labute approximate surface area is 124 Å². The van der Waals surface area contributed by atoms with Gasteiger partial charge in [-0.15, -0.1) is 0 Å². The van der Waals surface area contributed by atoms with Crippen molar-refractivity contribution in [2.24, 2.45) is 0 Å². The average Bonchev–Trinajstić information content (AvgIpc) is 3.20. The molecule has 1 aliphatic carbocycles. The van der Waals surface area contributed by atoms with E-state index in [0.29, 0.717) is 17.3 Å². The van der Waals surface area contributed by atoms with Gasteiger partial charge in [0.25, 0.3) is 5.91 Å². The van der Waals surface area contributed by atoms with Gasteiger partial charge in [-0.05, 0) is 31.0 Å². The number of nitrogens with zero attached hydrogens (tertiary/aromatic N) is 2. The first-order valence-corrected chi connectivity index (χ1v) is 7.00. The summed E-state index contributed by atoms with van der Waals surface area (Å²) in [5.74, 6) is -0.102. The first kappa shape index (κ1) is 15.2. The molecule has 6 nitrogen and oxygen atoms in total. The van der Waals surface area contributed by atoms with Gasteiger partial charge in [-0.2, -0.15) is 0 Å². The Morgan fingerprint density at radius 2 is 1.95 bits per heavy atom. The third-order valence-electron chi connectivity index (χ3n) is 3.42. The second-order valence-electron chi connectivity index (χ2n) is 5.67. The van der Waals surface area contributed by atoms with Crippen LogP contribution in [0.2, 0.25) is 0 Å². The zero-order valence-corrected chi connectivity index (χ0v) is 12.7. The molecule has 0 atom stereocenters. The molecule has 2 rings (SSSR count). The molecule has 1 fully saturated rings. The fourth-order valence-electron chi connectivity index (χ4n) is 2.09. The van der Waals surface area contributed by atoms with E-state index in [9.17, 15) is 9.59 Å². The van der Waals surface area contributed by atoms with E-state index in [0.717, 1.165) is 18.5 Å². The summed E-state index contributed by atoms with van der Waals surface area (Å²) in [4.78, 5) is 27.0. The maximum Gasteiger partial charge on any atom is 0.253 e. The lowest BCUT2D eigenvalue weighted by atomic mass is 10.1. The Morgan fingerprint density at radius 3 is 2.48 bits per heavy atom. The number of nitrogens with two attached hydrogens (primary N) is 1. The van der Waals surface area contributed by atoms with Gasteiger partial charge in [0.15, 0.2) is 0 Å². The van der Waals surface area contributed by atoms with Crippen LogP contribution >= 0.6 is 0 Å². The lowest BCUT2D eigenvalue weighted by Gasteiger charge is -2.21. The summed E-state index contributed by atoms with van der Waals surface area (Å²) < 4.78 is 0. The lowest BCUT2D eigenvalue weighted by molar-refractivity contribution is -0.119. The van der Waals surface area contributed by atoms with E-state index in [2.05, 4.69) is 5.32 Å². The van der Waals surface area contributed by atoms with E-state index in [1.54, 1.807) is 37.2 Å². The minimum absolute atomic E-state index is 0.00663. The maximum atomic E-state index is 11.9. The normalized spacial score (nSPS) is 13.7. The lowest BCUT2D eigenvalue weighted by Crippen LogP contribution is -2.36. The van der Waals surface area contributed by atoms with Gasteiger partial charge in [0, 0.05) is 32.7 Å². The molecule has 1 saturated carbocycles. The van der Waals surface area contributed by atoms with E-state index in [1.807, 2.05) is 7.05 Å². The SMILES string of the molecule is CN(C)C(=O)c1ccc(N(C)CC(=O)NC2CC2)c(N)c1. The number of hydrogen-bond acceptors (Lipinski definition) is 4. The molecule has 0 spiro atoms. The van der Waals surface area contributed by atoms with Crippen molar-refractivity contribution in [3.63, 3.8) is 0 Å². The van der Waals surface area contributed by atoms with Crippen LogP contribution in [0, 0.1) is 0 Å². The van der Waals surface area contributed by atoms with Crippen molar-refractivity contribution in [1.29, 1.82) is 0 Å². The minimum atomic E-state index is -0.0950. The van der Waals surface area contributed by atoms with E-state index in [-0.39, 0.29) is 18.4 Å². The van der Waals surface area contributed by atoms with Crippen molar-refractivity contribution >= 4 is 23.2 Å². The molecule has 6 heteroatoms.